The van der Waals surface area contributed by atoms with Crippen molar-refractivity contribution in [1.82, 2.24) is 14.5 Å². The number of hydrogen-bond acceptors (Lipinski definition) is 3. The fourth-order valence-corrected chi connectivity index (χ4v) is 2.00. The molecule has 3 aromatic rings. The fraction of sp³-hybridized carbons (Fsp3) is 0.143. The second kappa shape index (κ2) is 4.35. The molecule has 1 aromatic carbocycles. The zero-order valence-corrected chi connectivity index (χ0v) is 10.6. The maximum absolute atomic E-state index is 13.4. The molecule has 0 N–H and O–H groups in total. The summed E-state index contributed by atoms with van der Waals surface area (Å²) >= 11 is 0. The highest BCUT2D eigenvalue weighted by molar-refractivity contribution is 5.79. The second-order valence-electron chi connectivity index (χ2n) is 4.26. The first-order valence-electron chi connectivity index (χ1n) is 5.80. The van der Waals surface area contributed by atoms with Crippen LogP contribution < -0.4 is 4.74 Å². The fourth-order valence-electron chi connectivity index (χ4n) is 2.00. The summed E-state index contributed by atoms with van der Waals surface area (Å²) < 4.78 is 20.3. The first kappa shape index (κ1) is 11.6. The quantitative estimate of drug-likeness (QED) is 0.708. The van der Waals surface area contributed by atoms with E-state index in [0.717, 1.165) is 22.3 Å². The predicted molar refractivity (Wildman–Crippen MR) is 70.5 cm³/mol. The minimum absolute atomic E-state index is 0.209. The largest absolute Gasteiger partial charge is 0.494 e. The van der Waals surface area contributed by atoms with Crippen LogP contribution in [0.4, 0.5) is 4.39 Å². The normalized spacial score (nSPS) is 10.9. The van der Waals surface area contributed by atoms with Gasteiger partial charge in [0, 0.05) is 12.6 Å². The number of aryl methyl sites for hydroxylation is 1. The van der Waals surface area contributed by atoms with Crippen LogP contribution in [0.1, 0.15) is 0 Å². The van der Waals surface area contributed by atoms with Gasteiger partial charge in [-0.1, -0.05) is 0 Å². The number of hydrogen-bond donors (Lipinski definition) is 0. The highest BCUT2D eigenvalue weighted by Gasteiger charge is 2.08. The number of benzene rings is 1. The average Bonchev–Trinajstić information content (AvgIpc) is 2.80. The molecule has 19 heavy (non-hydrogen) atoms. The van der Waals surface area contributed by atoms with Gasteiger partial charge in [0.15, 0.2) is 11.6 Å². The van der Waals surface area contributed by atoms with Gasteiger partial charge in [-0.05, 0) is 24.3 Å². The van der Waals surface area contributed by atoms with E-state index in [-0.39, 0.29) is 11.6 Å². The maximum atomic E-state index is 13.4. The molecule has 4 nitrogen and oxygen atoms in total. The van der Waals surface area contributed by atoms with Gasteiger partial charge in [0.1, 0.15) is 0 Å². The number of imidazole rings is 1. The minimum Gasteiger partial charge on any atom is -0.494 e. The Kier molecular flexibility index (Phi) is 2.67. The molecule has 2 heterocycles. The van der Waals surface area contributed by atoms with Gasteiger partial charge < -0.3 is 9.30 Å². The summed E-state index contributed by atoms with van der Waals surface area (Å²) in [5, 5.41) is 0. The van der Waals surface area contributed by atoms with Crippen LogP contribution in [0.2, 0.25) is 0 Å². The van der Waals surface area contributed by atoms with Crippen LogP contribution >= 0.6 is 0 Å². The number of aromatic nitrogens is 3. The molecule has 0 radical (unpaired) electrons. The van der Waals surface area contributed by atoms with Gasteiger partial charge in [-0.15, -0.1) is 0 Å². The Labute approximate surface area is 109 Å². The van der Waals surface area contributed by atoms with E-state index in [1.807, 2.05) is 17.7 Å². The predicted octanol–water partition coefficient (Wildman–Crippen LogP) is 2.78. The maximum Gasteiger partial charge on any atom is 0.165 e. The molecule has 0 spiro atoms. The Hall–Kier alpha value is -2.43. The van der Waals surface area contributed by atoms with Crippen LogP contribution in [0, 0.1) is 5.82 Å². The molecule has 0 atom stereocenters. The van der Waals surface area contributed by atoms with E-state index in [9.17, 15) is 4.39 Å². The molecule has 0 saturated carbocycles. The molecular weight excluding hydrogens is 245 g/mol. The lowest BCUT2D eigenvalue weighted by Gasteiger charge is -2.05. The van der Waals surface area contributed by atoms with Crippen LogP contribution in [0.5, 0.6) is 5.75 Å². The van der Waals surface area contributed by atoms with Crippen LogP contribution in [0.15, 0.2) is 36.8 Å². The van der Waals surface area contributed by atoms with Crippen molar-refractivity contribution in [3.63, 3.8) is 0 Å². The summed E-state index contributed by atoms with van der Waals surface area (Å²) in [5.41, 5.74) is 3.35. The molecule has 0 saturated heterocycles. The van der Waals surface area contributed by atoms with Crippen molar-refractivity contribution in [2.75, 3.05) is 7.11 Å². The molecule has 0 bridgehead atoms. The van der Waals surface area contributed by atoms with Crippen molar-refractivity contribution in [1.29, 1.82) is 0 Å². The zero-order valence-electron chi connectivity index (χ0n) is 10.6. The number of nitrogens with zero attached hydrogens (tertiary/aromatic N) is 3. The smallest absolute Gasteiger partial charge is 0.165 e. The van der Waals surface area contributed by atoms with Gasteiger partial charge in [-0.3, -0.25) is 4.98 Å². The van der Waals surface area contributed by atoms with Crippen LogP contribution in [0.25, 0.3) is 22.3 Å². The molecule has 3 rings (SSSR count). The number of halogens is 1. The van der Waals surface area contributed by atoms with E-state index in [0.29, 0.717) is 0 Å². The molecule has 0 aliphatic heterocycles. The van der Waals surface area contributed by atoms with Gasteiger partial charge in [0.2, 0.25) is 0 Å². The third kappa shape index (κ3) is 1.93. The summed E-state index contributed by atoms with van der Waals surface area (Å²) in [6.45, 7) is 0. The monoisotopic (exact) mass is 257 g/mol. The van der Waals surface area contributed by atoms with Crippen LogP contribution in [-0.4, -0.2) is 21.6 Å². The molecule has 5 heteroatoms. The Morgan fingerprint density at radius 1 is 1.21 bits per heavy atom. The Morgan fingerprint density at radius 3 is 2.84 bits per heavy atom. The molecule has 2 aromatic heterocycles. The van der Waals surface area contributed by atoms with Gasteiger partial charge in [0.25, 0.3) is 0 Å². The summed E-state index contributed by atoms with van der Waals surface area (Å²) in [6.07, 6.45) is 3.49. The van der Waals surface area contributed by atoms with E-state index in [4.69, 9.17) is 4.74 Å². The number of pyridine rings is 1. The van der Waals surface area contributed by atoms with E-state index >= 15 is 0 Å². The van der Waals surface area contributed by atoms with Crippen LogP contribution in [0.3, 0.4) is 0 Å². The van der Waals surface area contributed by atoms with Crippen molar-refractivity contribution in [3.8, 4) is 17.0 Å². The molecule has 0 aliphatic rings. The highest BCUT2D eigenvalue weighted by Crippen LogP contribution is 2.26. The molecule has 96 valence electrons. The Balaban J connectivity index is 2.13. The Morgan fingerprint density at radius 2 is 2.05 bits per heavy atom. The standard InChI is InChI=1S/C14H12FN3O/c1-18-8-17-12-6-11(16-7-13(12)18)9-3-4-10(15)14(5-9)19-2/h3-8H,1-2H3. The van der Waals surface area contributed by atoms with Crippen molar-refractivity contribution >= 4 is 11.0 Å². The average molecular weight is 257 g/mol. The van der Waals surface area contributed by atoms with E-state index in [1.54, 1.807) is 24.7 Å². The van der Waals surface area contributed by atoms with E-state index in [2.05, 4.69) is 9.97 Å². The lowest BCUT2D eigenvalue weighted by Crippen LogP contribution is -1.91. The number of ether oxygens (including phenoxy) is 1. The van der Waals surface area contributed by atoms with Gasteiger partial charge in [-0.25, -0.2) is 9.37 Å². The summed E-state index contributed by atoms with van der Waals surface area (Å²) in [7, 11) is 3.36. The number of fused-ring (bicyclic) bond motifs is 1. The summed E-state index contributed by atoms with van der Waals surface area (Å²) in [6, 6.07) is 6.56. The highest BCUT2D eigenvalue weighted by atomic mass is 19.1. The van der Waals surface area contributed by atoms with Crippen molar-refractivity contribution in [2.45, 2.75) is 0 Å². The van der Waals surface area contributed by atoms with Crippen molar-refractivity contribution in [2.24, 2.45) is 7.05 Å². The molecule has 0 unspecified atom stereocenters. The van der Waals surface area contributed by atoms with E-state index in [1.165, 1.54) is 13.2 Å². The zero-order chi connectivity index (χ0) is 13.4. The number of methoxy groups -OCH3 is 1. The second-order valence-corrected chi connectivity index (χ2v) is 4.26. The summed E-state index contributed by atoms with van der Waals surface area (Å²) in [4.78, 5) is 8.66. The van der Waals surface area contributed by atoms with E-state index < -0.39 is 0 Å². The molecule has 0 amide bonds. The molecule has 0 aliphatic carbocycles. The lowest BCUT2D eigenvalue weighted by molar-refractivity contribution is 0.387. The van der Waals surface area contributed by atoms with Gasteiger partial charge in [0.05, 0.1) is 36.4 Å². The number of rotatable bonds is 2. The van der Waals surface area contributed by atoms with Crippen molar-refractivity contribution in [3.05, 3.63) is 42.6 Å². The molecular formula is C14H12FN3O. The van der Waals surface area contributed by atoms with Gasteiger partial charge in [-0.2, -0.15) is 0 Å². The van der Waals surface area contributed by atoms with Gasteiger partial charge >= 0.3 is 0 Å². The van der Waals surface area contributed by atoms with Crippen molar-refractivity contribution < 1.29 is 9.13 Å². The summed E-state index contributed by atoms with van der Waals surface area (Å²) in [5.74, 6) is -0.175. The SMILES string of the molecule is COc1cc(-c2cc3ncn(C)c3cn2)ccc1F. The topological polar surface area (TPSA) is 39.9 Å². The minimum atomic E-state index is -0.384. The molecule has 0 fully saturated rings. The Bertz CT molecular complexity index is 752. The third-order valence-corrected chi connectivity index (χ3v) is 3.06. The van der Waals surface area contributed by atoms with Crippen LogP contribution in [-0.2, 0) is 7.05 Å². The third-order valence-electron chi connectivity index (χ3n) is 3.06. The lowest BCUT2D eigenvalue weighted by atomic mass is 10.1. The first-order valence-corrected chi connectivity index (χ1v) is 5.80. The first-order chi connectivity index (χ1) is 9.19.